The highest BCUT2D eigenvalue weighted by Gasteiger charge is 2.17. The molecule has 142 valence electrons. The Morgan fingerprint density at radius 3 is 2.81 bits per heavy atom. The fourth-order valence-electron chi connectivity index (χ4n) is 2.34. The van der Waals surface area contributed by atoms with E-state index in [4.69, 9.17) is 16.7 Å². The first-order chi connectivity index (χ1) is 12.8. The van der Waals surface area contributed by atoms with E-state index in [1.165, 1.54) is 41.3 Å². The second kappa shape index (κ2) is 8.15. The third-order valence-electron chi connectivity index (χ3n) is 3.70. The van der Waals surface area contributed by atoms with E-state index < -0.39 is 16.0 Å². The molecule has 0 radical (unpaired) electrons. The van der Waals surface area contributed by atoms with Gasteiger partial charge in [0, 0.05) is 17.3 Å². The van der Waals surface area contributed by atoms with Gasteiger partial charge in [0.2, 0.25) is 10.0 Å². The smallest absolute Gasteiger partial charge is 0.335 e. The molecule has 0 saturated heterocycles. The fourth-order valence-corrected chi connectivity index (χ4v) is 5.66. The van der Waals surface area contributed by atoms with Crippen LogP contribution in [0.25, 0.3) is 10.2 Å². The van der Waals surface area contributed by atoms with Crippen molar-refractivity contribution in [3.63, 3.8) is 0 Å². The summed E-state index contributed by atoms with van der Waals surface area (Å²) < 4.78 is 29.1. The first-order valence-electron chi connectivity index (χ1n) is 7.79. The molecular formula is C17H15ClN2O4S3. The van der Waals surface area contributed by atoms with Gasteiger partial charge in [0.15, 0.2) is 4.34 Å². The molecule has 10 heteroatoms. The molecule has 0 spiro atoms. The predicted octanol–water partition coefficient (Wildman–Crippen LogP) is 4.03. The summed E-state index contributed by atoms with van der Waals surface area (Å²) in [6, 6.07) is 9.55. The molecule has 2 N–H and O–H groups in total. The van der Waals surface area contributed by atoms with Crippen molar-refractivity contribution in [2.45, 2.75) is 16.2 Å². The molecule has 1 heterocycles. The Labute approximate surface area is 169 Å². The molecule has 3 aromatic rings. The zero-order chi connectivity index (χ0) is 19.6. The Hall–Kier alpha value is -1.65. The van der Waals surface area contributed by atoms with E-state index in [0.29, 0.717) is 16.3 Å². The topological polar surface area (TPSA) is 96.4 Å². The molecule has 0 saturated carbocycles. The number of carbonyl (C=O) groups is 1. The number of nitrogens with one attached hydrogen (secondary N) is 1. The Kier molecular flexibility index (Phi) is 6.07. The third kappa shape index (κ3) is 4.80. The lowest BCUT2D eigenvalue weighted by Gasteiger charge is -2.08. The SMILES string of the molecule is Cc1ccc(S(=O)(=O)NCCSc2nc3cc(Cl)ccc3s2)cc1C(=O)O. The molecule has 3 rings (SSSR count). The van der Waals surface area contributed by atoms with Crippen LogP contribution in [0.3, 0.4) is 0 Å². The first-order valence-corrected chi connectivity index (χ1v) is 11.4. The van der Waals surface area contributed by atoms with Crippen molar-refractivity contribution < 1.29 is 18.3 Å². The number of halogens is 1. The zero-order valence-electron chi connectivity index (χ0n) is 14.1. The van der Waals surface area contributed by atoms with Crippen molar-refractivity contribution in [3.05, 3.63) is 52.5 Å². The van der Waals surface area contributed by atoms with Crippen LogP contribution in [-0.4, -0.2) is 36.8 Å². The third-order valence-corrected chi connectivity index (χ3v) is 7.57. The van der Waals surface area contributed by atoms with E-state index in [1.54, 1.807) is 19.1 Å². The van der Waals surface area contributed by atoms with Crippen LogP contribution in [-0.2, 0) is 10.0 Å². The Morgan fingerprint density at radius 2 is 2.07 bits per heavy atom. The molecule has 0 amide bonds. The molecule has 0 fully saturated rings. The minimum absolute atomic E-state index is 0.0274. The molecular weight excluding hydrogens is 428 g/mol. The van der Waals surface area contributed by atoms with Gasteiger partial charge in [-0.2, -0.15) is 0 Å². The maximum Gasteiger partial charge on any atom is 0.335 e. The highest BCUT2D eigenvalue weighted by molar-refractivity contribution is 8.01. The molecule has 0 aliphatic heterocycles. The number of hydrogen-bond donors (Lipinski definition) is 2. The van der Waals surface area contributed by atoms with Gasteiger partial charge in [0.05, 0.1) is 20.7 Å². The van der Waals surface area contributed by atoms with Gasteiger partial charge < -0.3 is 5.11 Å². The van der Waals surface area contributed by atoms with Gasteiger partial charge in [0.1, 0.15) is 0 Å². The summed E-state index contributed by atoms with van der Waals surface area (Å²) in [6.07, 6.45) is 0. The Balaban J connectivity index is 1.62. The second-order valence-electron chi connectivity index (χ2n) is 5.62. The summed E-state index contributed by atoms with van der Waals surface area (Å²) in [7, 11) is -3.78. The first kappa shape index (κ1) is 20.1. The summed E-state index contributed by atoms with van der Waals surface area (Å²) in [5, 5.41) is 9.76. The molecule has 6 nitrogen and oxygen atoms in total. The maximum absolute atomic E-state index is 12.4. The Morgan fingerprint density at radius 1 is 1.30 bits per heavy atom. The number of aromatic nitrogens is 1. The van der Waals surface area contributed by atoms with Gasteiger partial charge >= 0.3 is 5.97 Å². The van der Waals surface area contributed by atoms with E-state index in [1.807, 2.05) is 6.07 Å². The van der Waals surface area contributed by atoms with Crippen LogP contribution in [0.5, 0.6) is 0 Å². The monoisotopic (exact) mass is 442 g/mol. The number of rotatable bonds is 7. The summed E-state index contributed by atoms with van der Waals surface area (Å²) >= 11 is 8.91. The van der Waals surface area contributed by atoms with Gasteiger partial charge in [-0.1, -0.05) is 29.4 Å². The summed E-state index contributed by atoms with van der Waals surface area (Å²) in [4.78, 5) is 15.6. The number of thiazole rings is 1. The van der Waals surface area contributed by atoms with Crippen molar-refractivity contribution in [1.82, 2.24) is 9.71 Å². The van der Waals surface area contributed by atoms with Crippen LogP contribution < -0.4 is 4.72 Å². The molecule has 0 atom stereocenters. The highest BCUT2D eigenvalue weighted by atomic mass is 35.5. The van der Waals surface area contributed by atoms with E-state index in [-0.39, 0.29) is 17.0 Å². The summed E-state index contributed by atoms with van der Waals surface area (Å²) in [6.45, 7) is 1.81. The number of sulfonamides is 1. The van der Waals surface area contributed by atoms with E-state index in [2.05, 4.69) is 9.71 Å². The molecule has 0 aliphatic carbocycles. The molecule has 27 heavy (non-hydrogen) atoms. The van der Waals surface area contributed by atoms with Crippen molar-refractivity contribution in [2.24, 2.45) is 0 Å². The average Bonchev–Trinajstić information content (AvgIpc) is 3.00. The fraction of sp³-hybridized carbons (Fsp3) is 0.176. The van der Waals surface area contributed by atoms with Gasteiger partial charge in [-0.05, 0) is 42.8 Å². The van der Waals surface area contributed by atoms with E-state index in [9.17, 15) is 13.2 Å². The highest BCUT2D eigenvalue weighted by Crippen LogP contribution is 2.30. The van der Waals surface area contributed by atoms with Crippen LogP contribution in [0.4, 0.5) is 0 Å². The summed E-state index contributed by atoms with van der Waals surface area (Å²) in [5.74, 6) is -0.666. The van der Waals surface area contributed by atoms with E-state index >= 15 is 0 Å². The van der Waals surface area contributed by atoms with Gasteiger partial charge in [-0.15, -0.1) is 11.3 Å². The number of benzene rings is 2. The Bertz CT molecular complexity index is 1110. The minimum Gasteiger partial charge on any atom is -0.478 e. The van der Waals surface area contributed by atoms with Gasteiger partial charge in [0.25, 0.3) is 0 Å². The van der Waals surface area contributed by atoms with Crippen LogP contribution in [0.2, 0.25) is 5.02 Å². The number of carboxylic acid groups (broad SMARTS) is 1. The number of nitrogens with zero attached hydrogens (tertiary/aromatic N) is 1. The number of aromatic carboxylic acids is 1. The largest absolute Gasteiger partial charge is 0.478 e. The molecule has 0 aliphatic rings. The maximum atomic E-state index is 12.4. The number of fused-ring (bicyclic) bond motifs is 1. The van der Waals surface area contributed by atoms with Gasteiger partial charge in [-0.3, -0.25) is 0 Å². The second-order valence-corrected chi connectivity index (χ2v) is 10.2. The van der Waals surface area contributed by atoms with Crippen LogP contribution >= 0.6 is 34.7 Å². The minimum atomic E-state index is -3.78. The van der Waals surface area contributed by atoms with Crippen molar-refractivity contribution in [2.75, 3.05) is 12.3 Å². The predicted molar refractivity (Wildman–Crippen MR) is 109 cm³/mol. The molecule has 0 unspecified atom stereocenters. The number of carboxylic acids is 1. The standard InChI is InChI=1S/C17H15ClN2O4S3/c1-10-2-4-12(9-13(10)16(21)22)27(23,24)19-6-7-25-17-20-14-8-11(18)3-5-15(14)26-17/h2-5,8-9,19H,6-7H2,1H3,(H,21,22). The normalized spacial score (nSPS) is 11.8. The zero-order valence-corrected chi connectivity index (χ0v) is 17.3. The molecule has 0 bridgehead atoms. The van der Waals surface area contributed by atoms with E-state index in [0.717, 1.165) is 14.6 Å². The molecule has 1 aromatic heterocycles. The van der Waals surface area contributed by atoms with Crippen LogP contribution in [0, 0.1) is 6.92 Å². The van der Waals surface area contributed by atoms with Crippen molar-refractivity contribution in [1.29, 1.82) is 0 Å². The quantitative estimate of drug-likeness (QED) is 0.423. The van der Waals surface area contributed by atoms with Crippen LogP contribution in [0.1, 0.15) is 15.9 Å². The lowest BCUT2D eigenvalue weighted by atomic mass is 10.1. The number of thioether (sulfide) groups is 1. The average molecular weight is 443 g/mol. The lowest BCUT2D eigenvalue weighted by Crippen LogP contribution is -2.26. The number of aryl methyl sites for hydroxylation is 1. The van der Waals surface area contributed by atoms with Crippen molar-refractivity contribution >= 4 is 60.9 Å². The van der Waals surface area contributed by atoms with Crippen molar-refractivity contribution in [3.8, 4) is 0 Å². The van der Waals surface area contributed by atoms with Gasteiger partial charge in [-0.25, -0.2) is 22.9 Å². The lowest BCUT2D eigenvalue weighted by molar-refractivity contribution is 0.0696. The molecule has 2 aromatic carbocycles. The van der Waals surface area contributed by atoms with Crippen LogP contribution in [0.15, 0.2) is 45.6 Å². The number of hydrogen-bond acceptors (Lipinski definition) is 6. The summed E-state index contributed by atoms with van der Waals surface area (Å²) in [5.41, 5.74) is 1.30.